The lowest BCUT2D eigenvalue weighted by molar-refractivity contribution is -0.134. The maximum absolute atomic E-state index is 12.5. The Morgan fingerprint density at radius 3 is 2.19 bits per heavy atom. The highest BCUT2D eigenvalue weighted by molar-refractivity contribution is 8.00. The molecule has 140 valence electrons. The van der Waals surface area contributed by atoms with Crippen LogP contribution >= 0.6 is 11.8 Å². The van der Waals surface area contributed by atoms with Gasteiger partial charge in [0.2, 0.25) is 5.91 Å². The fourth-order valence-electron chi connectivity index (χ4n) is 5.88. The van der Waals surface area contributed by atoms with E-state index in [0.29, 0.717) is 6.42 Å². The van der Waals surface area contributed by atoms with Gasteiger partial charge >= 0.3 is 0 Å². The number of nitrogens with one attached hydrogen (secondary N) is 2. The van der Waals surface area contributed by atoms with E-state index >= 15 is 0 Å². The molecular formula is C21H28N2O2S. The van der Waals surface area contributed by atoms with Gasteiger partial charge in [0.25, 0.3) is 5.91 Å². The van der Waals surface area contributed by atoms with E-state index in [2.05, 4.69) is 10.9 Å². The van der Waals surface area contributed by atoms with E-state index in [-0.39, 0.29) is 22.5 Å². The van der Waals surface area contributed by atoms with E-state index in [0.717, 1.165) is 22.6 Å². The minimum atomic E-state index is -0.253. The summed E-state index contributed by atoms with van der Waals surface area (Å²) >= 11 is 1.49. The molecule has 26 heavy (non-hydrogen) atoms. The van der Waals surface area contributed by atoms with Crippen LogP contribution in [0.15, 0.2) is 35.2 Å². The van der Waals surface area contributed by atoms with Gasteiger partial charge in [0, 0.05) is 11.3 Å². The summed E-state index contributed by atoms with van der Waals surface area (Å²) in [5, 5.41) is -0.253. The monoisotopic (exact) mass is 372 g/mol. The first-order valence-electron chi connectivity index (χ1n) is 9.82. The Morgan fingerprint density at radius 1 is 1.04 bits per heavy atom. The van der Waals surface area contributed by atoms with Gasteiger partial charge in [0.05, 0.1) is 5.25 Å². The molecule has 0 unspecified atom stereocenters. The predicted molar refractivity (Wildman–Crippen MR) is 103 cm³/mol. The van der Waals surface area contributed by atoms with Crippen LogP contribution in [0.3, 0.4) is 0 Å². The Bertz CT molecular complexity index is 641. The smallest absolute Gasteiger partial charge is 0.251 e. The third-order valence-corrected chi connectivity index (χ3v) is 7.56. The summed E-state index contributed by atoms with van der Waals surface area (Å²) in [5.41, 5.74) is 5.50. The van der Waals surface area contributed by atoms with E-state index in [4.69, 9.17) is 0 Å². The number of hydrazine groups is 1. The molecule has 5 heteroatoms. The predicted octanol–water partition coefficient (Wildman–Crippen LogP) is 3.92. The van der Waals surface area contributed by atoms with Crippen LogP contribution in [0.25, 0.3) is 0 Å². The van der Waals surface area contributed by atoms with Crippen LogP contribution in [0.1, 0.15) is 51.9 Å². The largest absolute Gasteiger partial charge is 0.273 e. The van der Waals surface area contributed by atoms with Crippen molar-refractivity contribution in [1.82, 2.24) is 10.9 Å². The molecule has 2 amide bonds. The molecular weight excluding hydrogens is 344 g/mol. The van der Waals surface area contributed by atoms with Gasteiger partial charge < -0.3 is 0 Å². The molecule has 0 spiro atoms. The van der Waals surface area contributed by atoms with E-state index in [1.165, 1.54) is 50.3 Å². The first-order valence-corrected chi connectivity index (χ1v) is 10.7. The average molecular weight is 373 g/mol. The Hall–Kier alpha value is -1.49. The SMILES string of the molecule is C[C@H](Sc1ccccc1)C(=O)NNC(=O)CC12CC3CC(CC(C3)C1)C2. The van der Waals surface area contributed by atoms with Crippen molar-refractivity contribution in [2.75, 3.05) is 0 Å². The lowest BCUT2D eigenvalue weighted by atomic mass is 9.49. The number of amides is 2. The summed E-state index contributed by atoms with van der Waals surface area (Å²) in [6.07, 6.45) is 8.34. The first-order chi connectivity index (χ1) is 12.5. The highest BCUT2D eigenvalue weighted by Crippen LogP contribution is 2.61. The van der Waals surface area contributed by atoms with Crippen molar-refractivity contribution >= 4 is 23.6 Å². The summed E-state index contributed by atoms with van der Waals surface area (Å²) in [6, 6.07) is 9.85. The van der Waals surface area contributed by atoms with Crippen LogP contribution in [0, 0.1) is 23.2 Å². The molecule has 0 radical (unpaired) electrons. The van der Waals surface area contributed by atoms with Gasteiger partial charge in [0.15, 0.2) is 0 Å². The Morgan fingerprint density at radius 2 is 1.62 bits per heavy atom. The second kappa shape index (κ2) is 7.26. The summed E-state index contributed by atoms with van der Waals surface area (Å²) in [6.45, 7) is 1.86. The van der Waals surface area contributed by atoms with Crippen LogP contribution in [0.2, 0.25) is 0 Å². The number of carbonyl (C=O) groups is 2. The Balaban J connectivity index is 1.26. The van der Waals surface area contributed by atoms with Crippen molar-refractivity contribution in [3.05, 3.63) is 30.3 Å². The van der Waals surface area contributed by atoms with Crippen LogP contribution in [0.4, 0.5) is 0 Å². The number of thioether (sulfide) groups is 1. The third-order valence-electron chi connectivity index (χ3n) is 6.45. The molecule has 0 saturated heterocycles. The number of benzene rings is 1. The van der Waals surface area contributed by atoms with E-state index in [9.17, 15) is 9.59 Å². The zero-order chi connectivity index (χ0) is 18.1. The number of hydrogen-bond acceptors (Lipinski definition) is 3. The van der Waals surface area contributed by atoms with Crippen molar-refractivity contribution in [2.45, 2.75) is 62.0 Å². The molecule has 4 saturated carbocycles. The summed E-state index contributed by atoms with van der Waals surface area (Å²) < 4.78 is 0. The molecule has 4 aliphatic carbocycles. The summed E-state index contributed by atoms with van der Waals surface area (Å²) in [7, 11) is 0. The van der Waals surface area contributed by atoms with Gasteiger partial charge in [0.1, 0.15) is 0 Å². The van der Waals surface area contributed by atoms with Crippen molar-refractivity contribution < 1.29 is 9.59 Å². The second-order valence-electron chi connectivity index (χ2n) is 8.70. The van der Waals surface area contributed by atoms with Crippen molar-refractivity contribution in [3.8, 4) is 0 Å². The Kier molecular flexibility index (Phi) is 5.00. The summed E-state index contributed by atoms with van der Waals surface area (Å²) in [4.78, 5) is 25.8. The fraction of sp³-hybridized carbons (Fsp3) is 0.619. The lowest BCUT2D eigenvalue weighted by Crippen LogP contribution is -2.50. The minimum Gasteiger partial charge on any atom is -0.273 e. The molecule has 5 rings (SSSR count). The molecule has 0 aromatic heterocycles. The van der Waals surface area contributed by atoms with Gasteiger partial charge in [-0.3, -0.25) is 20.4 Å². The molecule has 4 bridgehead atoms. The normalized spacial score (nSPS) is 32.9. The van der Waals surface area contributed by atoms with Crippen molar-refractivity contribution in [1.29, 1.82) is 0 Å². The maximum atomic E-state index is 12.5. The van der Waals surface area contributed by atoms with Crippen LogP contribution in [0.5, 0.6) is 0 Å². The minimum absolute atomic E-state index is 0.0304. The molecule has 1 atom stereocenters. The highest BCUT2D eigenvalue weighted by Gasteiger charge is 2.51. The quantitative estimate of drug-likeness (QED) is 0.608. The van der Waals surface area contributed by atoms with Crippen LogP contribution in [-0.2, 0) is 9.59 Å². The fourth-order valence-corrected chi connectivity index (χ4v) is 6.77. The maximum Gasteiger partial charge on any atom is 0.251 e. The second-order valence-corrected chi connectivity index (χ2v) is 10.1. The molecule has 4 nitrogen and oxygen atoms in total. The molecule has 4 fully saturated rings. The number of rotatable bonds is 5. The number of carbonyl (C=O) groups excluding carboxylic acids is 2. The molecule has 4 aliphatic rings. The Labute approximate surface area is 159 Å². The van der Waals surface area contributed by atoms with E-state index in [1.807, 2.05) is 37.3 Å². The van der Waals surface area contributed by atoms with E-state index < -0.39 is 0 Å². The molecule has 2 N–H and O–H groups in total. The average Bonchev–Trinajstić information content (AvgIpc) is 2.59. The number of hydrogen-bond donors (Lipinski definition) is 2. The van der Waals surface area contributed by atoms with Gasteiger partial charge in [-0.1, -0.05) is 18.2 Å². The van der Waals surface area contributed by atoms with Crippen LogP contribution in [-0.4, -0.2) is 17.1 Å². The van der Waals surface area contributed by atoms with Gasteiger partial charge in [-0.05, 0) is 80.8 Å². The van der Waals surface area contributed by atoms with Gasteiger partial charge in [-0.15, -0.1) is 11.8 Å². The standard InChI is InChI=1S/C21H28N2O2S/c1-14(26-18-5-3-2-4-6-18)20(25)23-22-19(24)13-21-10-15-7-16(11-21)9-17(8-15)12-21/h2-6,14-17H,7-13H2,1H3,(H,22,24)(H,23,25)/t14-,15?,16?,17?,21?/m0/s1. The van der Waals surface area contributed by atoms with Crippen molar-refractivity contribution in [2.24, 2.45) is 23.2 Å². The third kappa shape index (κ3) is 3.93. The van der Waals surface area contributed by atoms with Crippen LogP contribution < -0.4 is 10.9 Å². The molecule has 1 aromatic carbocycles. The first kappa shape index (κ1) is 17.9. The topological polar surface area (TPSA) is 58.2 Å². The molecule has 1 aromatic rings. The van der Waals surface area contributed by atoms with Crippen molar-refractivity contribution in [3.63, 3.8) is 0 Å². The van der Waals surface area contributed by atoms with E-state index in [1.54, 1.807) is 0 Å². The van der Waals surface area contributed by atoms with Gasteiger partial charge in [-0.25, -0.2) is 0 Å². The molecule has 0 heterocycles. The molecule has 0 aliphatic heterocycles. The lowest BCUT2D eigenvalue weighted by Gasteiger charge is -2.56. The van der Waals surface area contributed by atoms with Gasteiger partial charge in [-0.2, -0.15) is 0 Å². The highest BCUT2D eigenvalue weighted by atomic mass is 32.2. The summed E-state index contributed by atoms with van der Waals surface area (Å²) in [5.74, 6) is 2.33. The zero-order valence-electron chi connectivity index (χ0n) is 15.4. The zero-order valence-corrected chi connectivity index (χ0v) is 16.2.